The first-order valence-electron chi connectivity index (χ1n) is 7.34. The average Bonchev–Trinajstić information content (AvgIpc) is 2.32. The van der Waals surface area contributed by atoms with Crippen LogP contribution in [0.5, 0.6) is 0 Å². The predicted molar refractivity (Wildman–Crippen MR) is 83.1 cm³/mol. The van der Waals surface area contributed by atoms with E-state index in [1.165, 1.54) is 0 Å². The molecule has 1 atom stereocenters. The summed E-state index contributed by atoms with van der Waals surface area (Å²) in [6.45, 7) is 12.0. The van der Waals surface area contributed by atoms with Crippen LogP contribution in [0.3, 0.4) is 0 Å². The molecule has 0 saturated heterocycles. The van der Waals surface area contributed by atoms with Crippen LogP contribution < -0.4 is 10.9 Å². The Labute approximate surface area is 121 Å². The molecule has 0 aliphatic rings. The van der Waals surface area contributed by atoms with Crippen molar-refractivity contribution in [3.05, 3.63) is 27.4 Å². The normalized spacial score (nSPS) is 13.2. The van der Waals surface area contributed by atoms with E-state index >= 15 is 0 Å². The summed E-state index contributed by atoms with van der Waals surface area (Å²) < 4.78 is 0. The Balaban J connectivity index is 2.52. The monoisotopic (exact) mass is 280 g/mol. The molecule has 0 saturated carbocycles. The third kappa shape index (κ3) is 4.72. The maximum absolute atomic E-state index is 12.0. The second-order valence-corrected chi connectivity index (χ2v) is 5.75. The second-order valence-electron chi connectivity index (χ2n) is 5.75. The Morgan fingerprint density at radius 1 is 1.30 bits per heavy atom. The number of rotatable bonds is 7. The zero-order valence-electron chi connectivity index (χ0n) is 13.6. The third-order valence-electron chi connectivity index (χ3n) is 3.72. The molecule has 0 aliphatic carbocycles. The minimum Gasteiger partial charge on any atom is -0.310 e. The highest BCUT2D eigenvalue weighted by Crippen LogP contribution is 2.10. The SMILES string of the molecule is Cc1nc(C)c(C(C)NCCCN(C)C(C)C)c(=O)[nH]1. The Morgan fingerprint density at radius 2 is 1.95 bits per heavy atom. The lowest BCUT2D eigenvalue weighted by Crippen LogP contribution is -2.32. The number of H-pyrrole nitrogens is 1. The molecular formula is C15H28N4O. The molecule has 5 nitrogen and oxygen atoms in total. The molecule has 0 spiro atoms. The lowest BCUT2D eigenvalue weighted by atomic mass is 10.1. The first-order valence-corrected chi connectivity index (χ1v) is 7.34. The summed E-state index contributed by atoms with van der Waals surface area (Å²) >= 11 is 0. The van der Waals surface area contributed by atoms with Crippen LogP contribution in [0, 0.1) is 13.8 Å². The Kier molecular flexibility index (Phi) is 6.36. The van der Waals surface area contributed by atoms with Gasteiger partial charge in [0.15, 0.2) is 0 Å². The molecule has 1 aromatic heterocycles. The van der Waals surface area contributed by atoms with Crippen LogP contribution in [-0.4, -0.2) is 41.0 Å². The highest BCUT2D eigenvalue weighted by Gasteiger charge is 2.14. The fourth-order valence-electron chi connectivity index (χ4n) is 2.25. The van der Waals surface area contributed by atoms with E-state index in [1.807, 2.05) is 13.8 Å². The van der Waals surface area contributed by atoms with Crippen LogP contribution in [0.1, 0.15) is 50.3 Å². The fourth-order valence-corrected chi connectivity index (χ4v) is 2.25. The van der Waals surface area contributed by atoms with Gasteiger partial charge in [0, 0.05) is 17.8 Å². The molecule has 0 bridgehead atoms. The van der Waals surface area contributed by atoms with Crippen LogP contribution in [0.4, 0.5) is 0 Å². The van der Waals surface area contributed by atoms with Crippen molar-refractivity contribution in [2.75, 3.05) is 20.1 Å². The molecule has 1 rings (SSSR count). The number of hydrogen-bond donors (Lipinski definition) is 2. The van der Waals surface area contributed by atoms with Crippen molar-refractivity contribution in [2.24, 2.45) is 0 Å². The van der Waals surface area contributed by atoms with Crippen LogP contribution in [-0.2, 0) is 0 Å². The van der Waals surface area contributed by atoms with Gasteiger partial charge in [-0.3, -0.25) is 4.79 Å². The Hall–Kier alpha value is -1.20. The standard InChI is InChI=1S/C15H28N4O/c1-10(2)19(6)9-7-8-16-11(3)14-12(4)17-13(5)18-15(14)20/h10-11,16H,7-9H2,1-6H3,(H,17,18,20). The van der Waals surface area contributed by atoms with Crippen molar-refractivity contribution in [3.63, 3.8) is 0 Å². The van der Waals surface area contributed by atoms with E-state index in [2.05, 4.69) is 41.1 Å². The van der Waals surface area contributed by atoms with Gasteiger partial charge in [-0.05, 0) is 61.2 Å². The molecule has 2 N–H and O–H groups in total. The highest BCUT2D eigenvalue weighted by molar-refractivity contribution is 5.19. The number of nitrogens with one attached hydrogen (secondary N) is 2. The molecule has 20 heavy (non-hydrogen) atoms. The van der Waals surface area contributed by atoms with Gasteiger partial charge in [0.2, 0.25) is 0 Å². The molecule has 1 heterocycles. The third-order valence-corrected chi connectivity index (χ3v) is 3.72. The Morgan fingerprint density at radius 3 is 2.50 bits per heavy atom. The summed E-state index contributed by atoms with van der Waals surface area (Å²) in [5.41, 5.74) is 1.52. The first kappa shape index (κ1) is 16.9. The van der Waals surface area contributed by atoms with Gasteiger partial charge in [0.25, 0.3) is 5.56 Å². The first-order chi connectivity index (χ1) is 9.32. The van der Waals surface area contributed by atoms with Crippen LogP contribution in [0.15, 0.2) is 4.79 Å². The molecule has 0 aliphatic heterocycles. The quantitative estimate of drug-likeness (QED) is 0.747. The Bertz CT molecular complexity index is 481. The van der Waals surface area contributed by atoms with Gasteiger partial charge in [-0.15, -0.1) is 0 Å². The molecule has 0 radical (unpaired) electrons. The molecule has 0 fully saturated rings. The topological polar surface area (TPSA) is 61.0 Å². The number of nitrogens with zero attached hydrogens (tertiary/aromatic N) is 2. The van der Waals surface area contributed by atoms with Gasteiger partial charge < -0.3 is 15.2 Å². The van der Waals surface area contributed by atoms with E-state index in [9.17, 15) is 4.79 Å². The van der Waals surface area contributed by atoms with E-state index in [-0.39, 0.29) is 11.6 Å². The van der Waals surface area contributed by atoms with Crippen molar-refractivity contribution in [1.82, 2.24) is 20.2 Å². The smallest absolute Gasteiger partial charge is 0.255 e. The summed E-state index contributed by atoms with van der Waals surface area (Å²) in [6, 6.07) is 0.593. The molecule has 114 valence electrons. The minimum atomic E-state index is -0.0331. The molecule has 1 aromatic rings. The molecule has 1 unspecified atom stereocenters. The van der Waals surface area contributed by atoms with E-state index < -0.39 is 0 Å². The van der Waals surface area contributed by atoms with Gasteiger partial charge in [-0.2, -0.15) is 0 Å². The predicted octanol–water partition coefficient (Wildman–Crippen LogP) is 1.77. The zero-order chi connectivity index (χ0) is 15.3. The van der Waals surface area contributed by atoms with Crippen LogP contribution in [0.2, 0.25) is 0 Å². The van der Waals surface area contributed by atoms with Crippen molar-refractivity contribution in [2.45, 2.75) is 53.1 Å². The van der Waals surface area contributed by atoms with Gasteiger partial charge in [0.1, 0.15) is 5.82 Å². The van der Waals surface area contributed by atoms with E-state index in [0.717, 1.165) is 30.8 Å². The van der Waals surface area contributed by atoms with Crippen LogP contribution in [0.25, 0.3) is 0 Å². The maximum atomic E-state index is 12.0. The second kappa shape index (κ2) is 7.55. The summed E-state index contributed by atoms with van der Waals surface area (Å²) in [5, 5.41) is 3.41. The lowest BCUT2D eigenvalue weighted by molar-refractivity contribution is 0.268. The van der Waals surface area contributed by atoms with Gasteiger partial charge in [-0.1, -0.05) is 0 Å². The minimum absolute atomic E-state index is 0.0243. The molecular weight excluding hydrogens is 252 g/mol. The van der Waals surface area contributed by atoms with Crippen molar-refractivity contribution in [3.8, 4) is 0 Å². The van der Waals surface area contributed by atoms with Crippen LogP contribution >= 0.6 is 0 Å². The maximum Gasteiger partial charge on any atom is 0.255 e. The number of hydrogen-bond acceptors (Lipinski definition) is 4. The highest BCUT2D eigenvalue weighted by atomic mass is 16.1. The molecule has 5 heteroatoms. The zero-order valence-corrected chi connectivity index (χ0v) is 13.6. The fraction of sp³-hybridized carbons (Fsp3) is 0.733. The largest absolute Gasteiger partial charge is 0.310 e. The van der Waals surface area contributed by atoms with Crippen molar-refractivity contribution < 1.29 is 0 Å². The summed E-state index contributed by atoms with van der Waals surface area (Å²) in [5.74, 6) is 0.669. The molecule has 0 amide bonds. The number of aromatic amines is 1. The number of aryl methyl sites for hydroxylation is 2. The summed E-state index contributed by atoms with van der Waals surface area (Å²) in [4.78, 5) is 21.4. The van der Waals surface area contributed by atoms with Gasteiger partial charge >= 0.3 is 0 Å². The van der Waals surface area contributed by atoms with E-state index in [4.69, 9.17) is 0 Å². The summed E-state index contributed by atoms with van der Waals surface area (Å²) in [7, 11) is 2.13. The average molecular weight is 280 g/mol. The lowest BCUT2D eigenvalue weighted by Gasteiger charge is -2.21. The molecule has 0 aromatic carbocycles. The van der Waals surface area contributed by atoms with Crippen molar-refractivity contribution in [1.29, 1.82) is 0 Å². The number of aromatic nitrogens is 2. The van der Waals surface area contributed by atoms with E-state index in [0.29, 0.717) is 11.9 Å². The van der Waals surface area contributed by atoms with E-state index in [1.54, 1.807) is 6.92 Å². The van der Waals surface area contributed by atoms with Gasteiger partial charge in [0.05, 0.1) is 5.56 Å². The van der Waals surface area contributed by atoms with Crippen molar-refractivity contribution >= 4 is 0 Å². The van der Waals surface area contributed by atoms with Gasteiger partial charge in [-0.25, -0.2) is 4.98 Å². The summed E-state index contributed by atoms with van der Waals surface area (Å²) in [6.07, 6.45) is 1.06.